The fourth-order valence-corrected chi connectivity index (χ4v) is 2.51. The average Bonchev–Trinajstić information content (AvgIpc) is 2.20. The van der Waals surface area contributed by atoms with E-state index in [4.69, 9.17) is 9.42 Å². The molecule has 0 aliphatic heterocycles. The number of hydrogen-bond acceptors (Lipinski definition) is 4. The van der Waals surface area contributed by atoms with Gasteiger partial charge in [0, 0.05) is 20.1 Å². The van der Waals surface area contributed by atoms with Gasteiger partial charge in [0.2, 0.25) is 5.91 Å². The van der Waals surface area contributed by atoms with Crippen molar-refractivity contribution in [1.29, 1.82) is 0 Å². The maximum atomic E-state index is 11.2. The molecule has 1 rings (SSSR count). The molecular weight excluding hydrogens is 233 g/mol. The third kappa shape index (κ3) is 4.61. The first-order valence-electron chi connectivity index (χ1n) is 5.27. The van der Waals surface area contributed by atoms with Crippen LogP contribution in [0.2, 0.25) is 0 Å². The molecule has 94 valence electrons. The van der Waals surface area contributed by atoms with Crippen molar-refractivity contribution in [2.45, 2.75) is 44.8 Å². The fraction of sp³-hybridized carbons (Fsp3) is 0.889. The fourth-order valence-electron chi connectivity index (χ4n) is 1.83. The Balaban J connectivity index is 2.32. The lowest BCUT2D eigenvalue weighted by atomic mass is 9.93. The molecule has 0 bridgehead atoms. The van der Waals surface area contributed by atoms with Crippen molar-refractivity contribution < 1.29 is 23.3 Å². The van der Waals surface area contributed by atoms with Crippen LogP contribution < -0.4 is 5.32 Å². The molecule has 0 saturated heterocycles. The molecule has 1 unspecified atom stereocenters. The van der Waals surface area contributed by atoms with Crippen molar-refractivity contribution >= 4 is 13.7 Å². The number of carbonyl (C=O) groups excluding carboxylic acids is 1. The third-order valence-electron chi connectivity index (χ3n) is 2.59. The Kier molecular flexibility index (Phi) is 4.92. The second kappa shape index (κ2) is 5.77. The van der Waals surface area contributed by atoms with Gasteiger partial charge < -0.3 is 10.2 Å². The van der Waals surface area contributed by atoms with E-state index in [2.05, 4.69) is 9.84 Å². The number of rotatable bonds is 4. The molecular formula is C9H18NO5P. The summed E-state index contributed by atoms with van der Waals surface area (Å²) in [5, 5.41) is 2.82. The van der Waals surface area contributed by atoms with E-state index in [9.17, 15) is 9.36 Å². The highest BCUT2D eigenvalue weighted by Crippen LogP contribution is 2.45. The summed E-state index contributed by atoms with van der Waals surface area (Å²) in [5.41, 5.74) is 0. The first-order valence-corrected chi connectivity index (χ1v) is 6.76. The van der Waals surface area contributed by atoms with Crippen LogP contribution in [0.4, 0.5) is 0 Å². The third-order valence-corrected chi connectivity index (χ3v) is 3.62. The molecule has 0 aromatic carbocycles. The molecule has 1 atom stereocenters. The maximum absolute atomic E-state index is 11.2. The quantitative estimate of drug-likeness (QED) is 0.733. The Labute approximate surface area is 94.9 Å². The predicted octanol–water partition coefficient (Wildman–Crippen LogP) is 1.20. The van der Waals surface area contributed by atoms with Crippen molar-refractivity contribution in [1.82, 2.24) is 5.32 Å². The molecule has 0 spiro atoms. The minimum Gasteiger partial charge on any atom is -0.354 e. The summed E-state index contributed by atoms with van der Waals surface area (Å²) in [6, 6.07) is 0.151. The highest BCUT2D eigenvalue weighted by molar-refractivity contribution is 7.47. The van der Waals surface area contributed by atoms with Crippen molar-refractivity contribution in [2.75, 3.05) is 7.11 Å². The van der Waals surface area contributed by atoms with Crippen molar-refractivity contribution in [3.63, 3.8) is 0 Å². The van der Waals surface area contributed by atoms with Crippen LogP contribution in [0.25, 0.3) is 0 Å². The van der Waals surface area contributed by atoms with E-state index in [1.165, 1.54) is 6.92 Å². The monoisotopic (exact) mass is 251 g/mol. The Morgan fingerprint density at radius 1 is 1.38 bits per heavy atom. The molecule has 1 saturated carbocycles. The molecule has 2 N–H and O–H groups in total. The van der Waals surface area contributed by atoms with Crippen LogP contribution in [0.1, 0.15) is 32.6 Å². The van der Waals surface area contributed by atoms with E-state index < -0.39 is 7.82 Å². The standard InChI is InChI=1S/C9H18NO5P/c1-7(11)10-8-3-5-9(6-4-8)15-16(12,13)14-2/h8-9H,3-6H2,1-2H3,(H,10,11)(H,12,13). The second-order valence-electron chi connectivity index (χ2n) is 3.93. The first-order chi connectivity index (χ1) is 7.43. The van der Waals surface area contributed by atoms with Gasteiger partial charge in [-0.05, 0) is 25.7 Å². The Morgan fingerprint density at radius 2 is 1.94 bits per heavy atom. The van der Waals surface area contributed by atoms with E-state index in [-0.39, 0.29) is 18.1 Å². The Morgan fingerprint density at radius 3 is 2.38 bits per heavy atom. The van der Waals surface area contributed by atoms with Crippen LogP contribution in [0.3, 0.4) is 0 Å². The topological polar surface area (TPSA) is 84.9 Å². The molecule has 16 heavy (non-hydrogen) atoms. The number of carbonyl (C=O) groups is 1. The lowest BCUT2D eigenvalue weighted by Gasteiger charge is -2.29. The van der Waals surface area contributed by atoms with Crippen molar-refractivity contribution in [3.05, 3.63) is 0 Å². The van der Waals surface area contributed by atoms with Crippen LogP contribution in [0.15, 0.2) is 0 Å². The van der Waals surface area contributed by atoms with Crippen molar-refractivity contribution in [2.24, 2.45) is 0 Å². The normalized spacial score (nSPS) is 29.4. The van der Waals surface area contributed by atoms with Gasteiger partial charge in [0.25, 0.3) is 0 Å². The van der Waals surface area contributed by atoms with E-state index in [0.29, 0.717) is 12.8 Å². The predicted molar refractivity (Wildman–Crippen MR) is 57.8 cm³/mol. The van der Waals surface area contributed by atoms with Gasteiger partial charge in [0.05, 0.1) is 6.10 Å². The smallest absolute Gasteiger partial charge is 0.354 e. The summed E-state index contributed by atoms with van der Waals surface area (Å²) in [5.74, 6) is -0.0471. The summed E-state index contributed by atoms with van der Waals surface area (Å²) in [6.07, 6.45) is 2.56. The summed E-state index contributed by atoms with van der Waals surface area (Å²) < 4.78 is 20.5. The second-order valence-corrected chi connectivity index (χ2v) is 5.44. The number of nitrogens with one attached hydrogen (secondary N) is 1. The zero-order chi connectivity index (χ0) is 12.2. The number of phosphoric ester groups is 1. The van der Waals surface area contributed by atoms with Crippen LogP contribution in [-0.2, 0) is 18.4 Å². The van der Waals surface area contributed by atoms with Crippen LogP contribution in [-0.4, -0.2) is 30.1 Å². The SMILES string of the molecule is COP(=O)(O)OC1CCC(NC(C)=O)CC1. The molecule has 1 aliphatic carbocycles. The first kappa shape index (κ1) is 13.6. The maximum Gasteiger partial charge on any atom is 0.472 e. The van der Waals surface area contributed by atoms with Gasteiger partial charge in [-0.2, -0.15) is 0 Å². The molecule has 1 amide bonds. The van der Waals surface area contributed by atoms with Gasteiger partial charge in [-0.15, -0.1) is 0 Å². The highest BCUT2D eigenvalue weighted by atomic mass is 31.2. The minimum absolute atomic E-state index is 0.0471. The molecule has 0 aromatic heterocycles. The minimum atomic E-state index is -3.88. The van der Waals surface area contributed by atoms with Crippen molar-refractivity contribution in [3.8, 4) is 0 Å². The molecule has 1 aliphatic rings. The van der Waals surface area contributed by atoms with E-state index in [1.807, 2.05) is 0 Å². The highest BCUT2D eigenvalue weighted by Gasteiger charge is 2.29. The summed E-state index contributed by atoms with van der Waals surface area (Å²) in [7, 11) is -2.73. The van der Waals surface area contributed by atoms with E-state index in [1.54, 1.807) is 0 Å². The Bertz CT molecular complexity index is 288. The van der Waals surface area contributed by atoms with Gasteiger partial charge in [-0.3, -0.25) is 13.8 Å². The zero-order valence-corrected chi connectivity index (χ0v) is 10.4. The molecule has 7 heteroatoms. The largest absolute Gasteiger partial charge is 0.472 e. The number of hydrogen-bond donors (Lipinski definition) is 2. The van der Waals surface area contributed by atoms with Gasteiger partial charge >= 0.3 is 7.82 Å². The van der Waals surface area contributed by atoms with Gasteiger partial charge in [0.1, 0.15) is 0 Å². The summed E-state index contributed by atoms with van der Waals surface area (Å²) in [4.78, 5) is 19.9. The summed E-state index contributed by atoms with van der Waals surface area (Å²) in [6.45, 7) is 1.48. The zero-order valence-electron chi connectivity index (χ0n) is 9.51. The average molecular weight is 251 g/mol. The van der Waals surface area contributed by atoms with E-state index >= 15 is 0 Å². The van der Waals surface area contributed by atoms with Crippen LogP contribution >= 0.6 is 7.82 Å². The molecule has 0 radical (unpaired) electrons. The van der Waals surface area contributed by atoms with Gasteiger partial charge in [-0.1, -0.05) is 0 Å². The molecule has 1 fully saturated rings. The van der Waals surface area contributed by atoms with Gasteiger partial charge in [-0.25, -0.2) is 4.57 Å². The van der Waals surface area contributed by atoms with E-state index in [0.717, 1.165) is 20.0 Å². The van der Waals surface area contributed by atoms with Crippen LogP contribution in [0.5, 0.6) is 0 Å². The molecule has 0 heterocycles. The number of phosphoric acid groups is 1. The molecule has 6 nitrogen and oxygen atoms in total. The lowest BCUT2D eigenvalue weighted by Crippen LogP contribution is -2.37. The molecule has 0 aromatic rings. The van der Waals surface area contributed by atoms with Crippen LogP contribution in [0, 0.1) is 0 Å². The Hall–Kier alpha value is -0.420. The number of amides is 1. The summed E-state index contributed by atoms with van der Waals surface area (Å²) >= 11 is 0. The van der Waals surface area contributed by atoms with Gasteiger partial charge in [0.15, 0.2) is 0 Å². The lowest BCUT2D eigenvalue weighted by molar-refractivity contribution is -0.120.